The van der Waals surface area contributed by atoms with Gasteiger partial charge >= 0.3 is 5.63 Å². The third-order valence-corrected chi connectivity index (χ3v) is 6.56. The molecule has 0 spiro atoms. The fraction of sp³-hybridized carbons (Fsp3) is 0.545. The van der Waals surface area contributed by atoms with E-state index in [0.717, 1.165) is 68.4 Å². The standard InChI is InChI=1S/C22H26N2O4/c1-13(21(25)24-11-14-9-23-10-15(14)12-24)27-16-6-7-18-17-4-2-3-5-19(17)22(26)28-20(18)8-16/h6-8,13-15,23H,2-5,9-12H2,1H3/t13?,14-,15+. The van der Waals surface area contributed by atoms with Crippen LogP contribution in [0.1, 0.15) is 30.9 Å². The summed E-state index contributed by atoms with van der Waals surface area (Å²) >= 11 is 0. The van der Waals surface area contributed by atoms with Gasteiger partial charge in [-0.3, -0.25) is 4.79 Å². The van der Waals surface area contributed by atoms with Gasteiger partial charge in [0.15, 0.2) is 6.10 Å². The second-order valence-electron chi connectivity index (χ2n) is 8.39. The fourth-order valence-corrected chi connectivity index (χ4v) is 5.05. The average Bonchev–Trinajstić information content (AvgIpc) is 3.29. The van der Waals surface area contributed by atoms with Crippen molar-refractivity contribution in [1.29, 1.82) is 0 Å². The smallest absolute Gasteiger partial charge is 0.339 e. The number of likely N-dealkylation sites (tertiary alicyclic amines) is 1. The molecule has 1 unspecified atom stereocenters. The van der Waals surface area contributed by atoms with Crippen molar-refractivity contribution in [2.45, 2.75) is 38.7 Å². The molecule has 2 aromatic rings. The van der Waals surface area contributed by atoms with Crippen LogP contribution in [0.5, 0.6) is 5.75 Å². The molecule has 3 heterocycles. The Morgan fingerprint density at radius 3 is 2.64 bits per heavy atom. The van der Waals surface area contributed by atoms with Crippen molar-refractivity contribution in [2.75, 3.05) is 26.2 Å². The maximum absolute atomic E-state index is 12.8. The van der Waals surface area contributed by atoms with E-state index in [9.17, 15) is 9.59 Å². The lowest BCUT2D eigenvalue weighted by Gasteiger charge is -2.23. The molecular weight excluding hydrogens is 356 g/mol. The highest BCUT2D eigenvalue weighted by molar-refractivity contribution is 5.84. The number of aryl methyl sites for hydroxylation is 1. The number of fused-ring (bicyclic) bond motifs is 4. The number of nitrogens with one attached hydrogen (secondary N) is 1. The predicted octanol–water partition coefficient (Wildman–Crippen LogP) is 2.12. The maximum Gasteiger partial charge on any atom is 0.339 e. The third-order valence-electron chi connectivity index (χ3n) is 6.56. The lowest BCUT2D eigenvalue weighted by molar-refractivity contribution is -0.137. The van der Waals surface area contributed by atoms with E-state index < -0.39 is 6.10 Å². The molecular formula is C22H26N2O4. The van der Waals surface area contributed by atoms with Gasteiger partial charge in [-0.1, -0.05) is 0 Å². The molecule has 3 aliphatic rings. The summed E-state index contributed by atoms with van der Waals surface area (Å²) in [6, 6.07) is 5.59. The van der Waals surface area contributed by atoms with Crippen molar-refractivity contribution in [1.82, 2.24) is 10.2 Å². The lowest BCUT2D eigenvalue weighted by Crippen LogP contribution is -2.40. The number of rotatable bonds is 3. The molecule has 3 atom stereocenters. The Labute approximate surface area is 163 Å². The SMILES string of the molecule is CC(Oc1ccc2c3c(c(=O)oc2c1)CCCC3)C(=O)N1C[C@H]2CNC[C@H]2C1. The van der Waals surface area contributed by atoms with Gasteiger partial charge in [0, 0.05) is 43.2 Å². The van der Waals surface area contributed by atoms with E-state index in [1.807, 2.05) is 17.0 Å². The number of ether oxygens (including phenoxy) is 1. The fourth-order valence-electron chi connectivity index (χ4n) is 5.05. The molecule has 1 aromatic carbocycles. The summed E-state index contributed by atoms with van der Waals surface area (Å²) in [6.45, 7) is 5.41. The molecule has 5 rings (SSSR count). The Morgan fingerprint density at radius 2 is 1.89 bits per heavy atom. The van der Waals surface area contributed by atoms with E-state index >= 15 is 0 Å². The molecule has 2 saturated heterocycles. The van der Waals surface area contributed by atoms with Crippen molar-refractivity contribution in [3.8, 4) is 5.75 Å². The molecule has 0 bridgehead atoms. The van der Waals surface area contributed by atoms with E-state index in [1.54, 1.807) is 13.0 Å². The zero-order valence-corrected chi connectivity index (χ0v) is 16.2. The molecule has 6 heteroatoms. The number of benzene rings is 1. The number of nitrogens with zero attached hydrogens (tertiary/aromatic N) is 1. The van der Waals surface area contributed by atoms with Crippen molar-refractivity contribution < 1.29 is 13.9 Å². The highest BCUT2D eigenvalue weighted by Gasteiger charge is 2.39. The average molecular weight is 382 g/mol. The van der Waals surface area contributed by atoms with Gasteiger partial charge in [-0.2, -0.15) is 0 Å². The number of hydrogen-bond donors (Lipinski definition) is 1. The van der Waals surface area contributed by atoms with Crippen LogP contribution in [0.25, 0.3) is 11.0 Å². The van der Waals surface area contributed by atoms with Gasteiger partial charge in [-0.25, -0.2) is 4.79 Å². The van der Waals surface area contributed by atoms with Gasteiger partial charge in [0.25, 0.3) is 5.91 Å². The zero-order valence-electron chi connectivity index (χ0n) is 16.2. The Balaban J connectivity index is 1.35. The van der Waals surface area contributed by atoms with Crippen LogP contribution in [-0.2, 0) is 17.6 Å². The highest BCUT2D eigenvalue weighted by Crippen LogP contribution is 2.30. The van der Waals surface area contributed by atoms with Crippen LogP contribution >= 0.6 is 0 Å². The quantitative estimate of drug-likeness (QED) is 0.824. The molecule has 1 N–H and O–H groups in total. The summed E-state index contributed by atoms with van der Waals surface area (Å²) in [5.41, 5.74) is 2.25. The molecule has 2 aliphatic heterocycles. The third kappa shape index (κ3) is 3.00. The zero-order chi connectivity index (χ0) is 19.3. The first-order valence-electron chi connectivity index (χ1n) is 10.3. The van der Waals surface area contributed by atoms with E-state index in [-0.39, 0.29) is 11.5 Å². The molecule has 2 fully saturated rings. The molecule has 148 valence electrons. The molecule has 28 heavy (non-hydrogen) atoms. The van der Waals surface area contributed by atoms with Gasteiger partial charge in [-0.15, -0.1) is 0 Å². The van der Waals surface area contributed by atoms with Gasteiger partial charge in [-0.05, 0) is 62.1 Å². The maximum atomic E-state index is 12.8. The van der Waals surface area contributed by atoms with Gasteiger partial charge < -0.3 is 19.4 Å². The first kappa shape index (κ1) is 17.7. The van der Waals surface area contributed by atoms with E-state index in [1.165, 1.54) is 0 Å². The van der Waals surface area contributed by atoms with E-state index in [2.05, 4.69) is 5.32 Å². The van der Waals surface area contributed by atoms with Crippen molar-refractivity contribution in [3.63, 3.8) is 0 Å². The number of carbonyl (C=O) groups excluding carboxylic acids is 1. The van der Waals surface area contributed by atoms with Crippen molar-refractivity contribution in [2.24, 2.45) is 11.8 Å². The van der Waals surface area contributed by atoms with Crippen LogP contribution in [0.2, 0.25) is 0 Å². The first-order valence-corrected chi connectivity index (χ1v) is 10.3. The minimum atomic E-state index is -0.561. The summed E-state index contributed by atoms with van der Waals surface area (Å²) in [6.07, 6.45) is 3.29. The van der Waals surface area contributed by atoms with Crippen LogP contribution in [0.15, 0.2) is 27.4 Å². The molecule has 1 aromatic heterocycles. The number of amides is 1. The Morgan fingerprint density at radius 1 is 1.18 bits per heavy atom. The Kier molecular flexibility index (Phi) is 4.38. The van der Waals surface area contributed by atoms with Crippen molar-refractivity contribution >= 4 is 16.9 Å². The first-order chi connectivity index (χ1) is 13.6. The summed E-state index contributed by atoms with van der Waals surface area (Å²) < 4.78 is 11.5. The largest absolute Gasteiger partial charge is 0.481 e. The van der Waals surface area contributed by atoms with Gasteiger partial charge in [0.2, 0.25) is 0 Å². The summed E-state index contributed by atoms with van der Waals surface area (Å²) in [7, 11) is 0. The summed E-state index contributed by atoms with van der Waals surface area (Å²) in [5.74, 6) is 1.73. The predicted molar refractivity (Wildman–Crippen MR) is 106 cm³/mol. The molecule has 1 amide bonds. The highest BCUT2D eigenvalue weighted by atomic mass is 16.5. The van der Waals surface area contributed by atoms with E-state index in [4.69, 9.17) is 9.15 Å². The topological polar surface area (TPSA) is 71.8 Å². The molecule has 0 saturated carbocycles. The molecule has 0 radical (unpaired) electrons. The summed E-state index contributed by atoms with van der Waals surface area (Å²) in [4.78, 5) is 27.0. The van der Waals surface area contributed by atoms with Gasteiger partial charge in [0.1, 0.15) is 11.3 Å². The normalized spacial score (nSPS) is 24.8. The second kappa shape index (κ2) is 6.92. The van der Waals surface area contributed by atoms with Crippen molar-refractivity contribution in [3.05, 3.63) is 39.7 Å². The Hall–Kier alpha value is -2.34. The molecule has 6 nitrogen and oxygen atoms in total. The van der Waals surface area contributed by atoms with Crippen LogP contribution in [0, 0.1) is 11.8 Å². The monoisotopic (exact) mass is 382 g/mol. The lowest BCUT2D eigenvalue weighted by atomic mass is 9.91. The summed E-state index contributed by atoms with van der Waals surface area (Å²) in [5, 5.41) is 4.38. The second-order valence-corrected chi connectivity index (χ2v) is 8.39. The minimum Gasteiger partial charge on any atom is -0.481 e. The molecule has 1 aliphatic carbocycles. The van der Waals surface area contributed by atoms with Gasteiger partial charge in [0.05, 0.1) is 0 Å². The Bertz CT molecular complexity index is 970. The number of carbonyl (C=O) groups is 1. The number of hydrogen-bond acceptors (Lipinski definition) is 5. The minimum absolute atomic E-state index is 0.0291. The van der Waals surface area contributed by atoms with Crippen LogP contribution in [0.4, 0.5) is 0 Å². The van der Waals surface area contributed by atoms with Crippen LogP contribution in [0.3, 0.4) is 0 Å². The van der Waals surface area contributed by atoms with E-state index in [0.29, 0.717) is 23.2 Å². The van der Waals surface area contributed by atoms with Crippen LogP contribution < -0.4 is 15.7 Å². The van der Waals surface area contributed by atoms with Crippen LogP contribution in [-0.4, -0.2) is 43.1 Å².